The number of rotatable bonds is 5. The average Bonchev–Trinajstić information content (AvgIpc) is 3.14. The van der Waals surface area contributed by atoms with Gasteiger partial charge >= 0.3 is 0 Å². The lowest BCUT2D eigenvalue weighted by molar-refractivity contribution is -0.127. The predicted octanol–water partition coefficient (Wildman–Crippen LogP) is 2.74. The van der Waals surface area contributed by atoms with Gasteiger partial charge in [-0.2, -0.15) is 5.26 Å². The molecule has 0 bridgehead atoms. The third kappa shape index (κ3) is 3.71. The summed E-state index contributed by atoms with van der Waals surface area (Å²) < 4.78 is 5.13. The number of thiazole rings is 1. The molecule has 6 nitrogen and oxygen atoms in total. The number of ketones is 1. The van der Waals surface area contributed by atoms with Gasteiger partial charge in [0.2, 0.25) is 5.91 Å². The first-order chi connectivity index (χ1) is 12.5. The van der Waals surface area contributed by atoms with Crippen LogP contribution in [0.1, 0.15) is 17.3 Å². The molecule has 3 rings (SSSR count). The molecule has 0 radical (unpaired) electrons. The van der Waals surface area contributed by atoms with Crippen LogP contribution in [0.4, 0.5) is 0 Å². The summed E-state index contributed by atoms with van der Waals surface area (Å²) in [6.45, 7) is 0.204. The van der Waals surface area contributed by atoms with Crippen molar-refractivity contribution in [3.8, 4) is 23.1 Å². The Morgan fingerprint density at radius 3 is 2.81 bits per heavy atom. The van der Waals surface area contributed by atoms with E-state index < -0.39 is 17.2 Å². The molecule has 0 saturated carbocycles. The van der Waals surface area contributed by atoms with E-state index in [9.17, 15) is 14.9 Å². The number of hydrogen-bond donors (Lipinski definition) is 1. The van der Waals surface area contributed by atoms with Crippen LogP contribution in [0.15, 0.2) is 29.6 Å². The zero-order chi connectivity index (χ0) is 18.7. The Labute approximate surface area is 159 Å². The normalized spacial score (nSPS) is 20.7. The fraction of sp³-hybridized carbons (Fsp3) is 0.333. The highest BCUT2D eigenvalue weighted by Gasteiger charge is 2.36. The highest BCUT2D eigenvalue weighted by Crippen LogP contribution is 2.31. The van der Waals surface area contributed by atoms with Gasteiger partial charge in [-0.15, -0.1) is 22.9 Å². The van der Waals surface area contributed by atoms with E-state index in [1.54, 1.807) is 7.11 Å². The number of carbonyl (C=O) groups excluding carboxylic acids is 2. The maximum atomic E-state index is 12.7. The van der Waals surface area contributed by atoms with Gasteiger partial charge in [-0.25, -0.2) is 4.98 Å². The number of aromatic nitrogens is 1. The summed E-state index contributed by atoms with van der Waals surface area (Å²) in [7, 11) is 1.60. The van der Waals surface area contributed by atoms with Crippen molar-refractivity contribution < 1.29 is 14.3 Å². The van der Waals surface area contributed by atoms with Crippen molar-refractivity contribution >= 4 is 34.6 Å². The molecule has 1 aliphatic heterocycles. The number of nitrogens with zero attached hydrogens (tertiary/aromatic N) is 2. The van der Waals surface area contributed by atoms with Crippen molar-refractivity contribution in [2.45, 2.75) is 17.7 Å². The van der Waals surface area contributed by atoms with Gasteiger partial charge in [0.1, 0.15) is 16.1 Å². The second kappa shape index (κ2) is 7.85. The molecular formula is C18H16ClN3O3S. The number of nitriles is 1. The maximum absolute atomic E-state index is 12.7. The van der Waals surface area contributed by atoms with E-state index in [-0.39, 0.29) is 24.7 Å². The molecule has 3 unspecified atom stereocenters. The first-order valence-electron chi connectivity index (χ1n) is 7.98. The van der Waals surface area contributed by atoms with E-state index in [4.69, 9.17) is 16.3 Å². The third-order valence-corrected chi connectivity index (χ3v) is 5.56. The van der Waals surface area contributed by atoms with Gasteiger partial charge in [0.15, 0.2) is 11.7 Å². The van der Waals surface area contributed by atoms with Crippen LogP contribution < -0.4 is 10.1 Å². The molecule has 1 fully saturated rings. The number of nitrogens with one attached hydrogen (secondary N) is 1. The van der Waals surface area contributed by atoms with E-state index >= 15 is 0 Å². The maximum Gasteiger partial charge on any atom is 0.238 e. The summed E-state index contributed by atoms with van der Waals surface area (Å²) in [5.41, 5.74) is 1.58. The Morgan fingerprint density at radius 1 is 1.46 bits per heavy atom. The lowest BCUT2D eigenvalue weighted by atomic mass is 9.88. The Bertz CT molecular complexity index is 859. The molecule has 1 aliphatic rings. The van der Waals surface area contributed by atoms with Crippen molar-refractivity contribution in [2.24, 2.45) is 5.92 Å². The fourth-order valence-corrected chi connectivity index (χ4v) is 3.95. The number of benzene rings is 1. The molecule has 8 heteroatoms. The lowest BCUT2D eigenvalue weighted by Gasteiger charge is -2.25. The van der Waals surface area contributed by atoms with Crippen LogP contribution in [-0.4, -0.2) is 35.7 Å². The molecule has 1 N–H and O–H groups in total. The molecule has 3 atom stereocenters. The number of piperidine rings is 1. The molecule has 2 aromatic rings. The van der Waals surface area contributed by atoms with Crippen molar-refractivity contribution in [2.75, 3.05) is 13.7 Å². The zero-order valence-electron chi connectivity index (χ0n) is 13.9. The largest absolute Gasteiger partial charge is 0.497 e. The second-order valence-corrected chi connectivity index (χ2v) is 7.33. The first kappa shape index (κ1) is 18.4. The van der Waals surface area contributed by atoms with Crippen molar-refractivity contribution in [1.82, 2.24) is 10.3 Å². The number of Topliss-reactive ketones (excluding diaryl/α,β-unsaturated/α-hetero) is 1. The number of ether oxygens (including phenoxy) is 1. The average molecular weight is 390 g/mol. The van der Waals surface area contributed by atoms with Gasteiger partial charge in [0.25, 0.3) is 0 Å². The number of carbonyl (C=O) groups is 2. The quantitative estimate of drug-likeness (QED) is 0.794. The molecule has 2 heterocycles. The molecular weight excluding hydrogens is 374 g/mol. The van der Waals surface area contributed by atoms with Crippen LogP contribution in [0.5, 0.6) is 5.75 Å². The van der Waals surface area contributed by atoms with Gasteiger partial charge in [-0.1, -0.05) is 0 Å². The van der Waals surface area contributed by atoms with Crippen LogP contribution in [0.2, 0.25) is 0 Å². The standard InChI is InChI=1S/C18H16ClN3O3S/c1-25-12-4-2-10(3-5-12)15-9-26-18(22-15)13(7-20)16(23)11-6-14(19)17(24)21-8-11/h2-5,9,11,13-14H,6,8H2,1H3,(H,21,24). The monoisotopic (exact) mass is 389 g/mol. The zero-order valence-corrected chi connectivity index (χ0v) is 15.5. The molecule has 1 aromatic carbocycles. The molecule has 1 saturated heterocycles. The van der Waals surface area contributed by atoms with E-state index in [0.717, 1.165) is 11.3 Å². The Kier molecular flexibility index (Phi) is 5.55. The predicted molar refractivity (Wildman–Crippen MR) is 98.2 cm³/mol. The molecule has 26 heavy (non-hydrogen) atoms. The van der Waals surface area contributed by atoms with Crippen LogP contribution in [0.3, 0.4) is 0 Å². The molecule has 1 aromatic heterocycles. The summed E-state index contributed by atoms with van der Waals surface area (Å²) >= 11 is 7.21. The SMILES string of the molecule is COc1ccc(-c2csc(C(C#N)C(=O)C3CNC(=O)C(Cl)C3)n2)cc1. The van der Waals surface area contributed by atoms with Crippen LogP contribution in [-0.2, 0) is 9.59 Å². The van der Waals surface area contributed by atoms with Crippen LogP contribution in [0, 0.1) is 17.2 Å². The second-order valence-electron chi connectivity index (χ2n) is 5.91. The van der Waals surface area contributed by atoms with Crippen molar-refractivity contribution in [3.63, 3.8) is 0 Å². The highest BCUT2D eigenvalue weighted by molar-refractivity contribution is 7.10. The van der Waals surface area contributed by atoms with Crippen LogP contribution in [0.25, 0.3) is 11.3 Å². The summed E-state index contributed by atoms with van der Waals surface area (Å²) in [6.07, 6.45) is 0.237. The highest BCUT2D eigenvalue weighted by atomic mass is 35.5. The molecule has 0 spiro atoms. The summed E-state index contributed by atoms with van der Waals surface area (Å²) in [5.74, 6) is -1.23. The van der Waals surface area contributed by atoms with Gasteiger partial charge in [0, 0.05) is 23.4 Å². The number of hydrogen-bond acceptors (Lipinski definition) is 6. The first-order valence-corrected chi connectivity index (χ1v) is 9.30. The minimum atomic E-state index is -0.962. The Hall–Kier alpha value is -2.43. The van der Waals surface area contributed by atoms with Gasteiger partial charge in [-0.05, 0) is 30.7 Å². The lowest BCUT2D eigenvalue weighted by Crippen LogP contribution is -2.45. The summed E-state index contributed by atoms with van der Waals surface area (Å²) in [4.78, 5) is 28.6. The van der Waals surface area contributed by atoms with E-state index in [1.807, 2.05) is 35.7 Å². The molecule has 0 aliphatic carbocycles. The van der Waals surface area contributed by atoms with Gasteiger partial charge in [0.05, 0.1) is 18.9 Å². The minimum Gasteiger partial charge on any atom is -0.497 e. The number of halogens is 1. The Balaban J connectivity index is 1.78. The molecule has 1 amide bonds. The van der Waals surface area contributed by atoms with Crippen LogP contribution >= 0.6 is 22.9 Å². The smallest absolute Gasteiger partial charge is 0.238 e. The number of amides is 1. The van der Waals surface area contributed by atoms with Crippen molar-refractivity contribution in [1.29, 1.82) is 5.26 Å². The molecule has 134 valence electrons. The van der Waals surface area contributed by atoms with E-state index in [0.29, 0.717) is 10.7 Å². The van der Waals surface area contributed by atoms with E-state index in [1.165, 1.54) is 11.3 Å². The number of alkyl halides is 1. The third-order valence-electron chi connectivity index (χ3n) is 4.27. The van der Waals surface area contributed by atoms with Gasteiger partial charge < -0.3 is 10.1 Å². The summed E-state index contributed by atoms with van der Waals surface area (Å²) in [5, 5.41) is 13.6. The minimum absolute atomic E-state index is 0.204. The van der Waals surface area contributed by atoms with E-state index in [2.05, 4.69) is 10.3 Å². The van der Waals surface area contributed by atoms with Gasteiger partial charge in [-0.3, -0.25) is 9.59 Å². The topological polar surface area (TPSA) is 92.1 Å². The van der Waals surface area contributed by atoms with Crippen molar-refractivity contribution in [3.05, 3.63) is 34.7 Å². The number of methoxy groups -OCH3 is 1. The Morgan fingerprint density at radius 2 is 2.19 bits per heavy atom. The fourth-order valence-electron chi connectivity index (χ4n) is 2.78. The summed E-state index contributed by atoms with van der Waals surface area (Å²) in [6, 6.07) is 9.44.